The predicted octanol–water partition coefficient (Wildman–Crippen LogP) is 1.83. The lowest BCUT2D eigenvalue weighted by molar-refractivity contribution is -0.106. The number of furan rings is 1. The minimum atomic E-state index is -0.421. The van der Waals surface area contributed by atoms with Crippen molar-refractivity contribution in [2.45, 2.75) is 25.2 Å². The second-order valence-corrected chi connectivity index (χ2v) is 6.58. The van der Waals surface area contributed by atoms with Crippen LogP contribution in [0.3, 0.4) is 0 Å². The fourth-order valence-electron chi connectivity index (χ4n) is 3.93. The molecular formula is C18H23N3O3. The fraction of sp³-hybridized carbons (Fsp3) is 0.444. The molecular weight excluding hydrogens is 306 g/mol. The molecule has 0 saturated carbocycles. The van der Waals surface area contributed by atoms with Gasteiger partial charge in [0.15, 0.2) is 0 Å². The third kappa shape index (κ3) is 3.28. The van der Waals surface area contributed by atoms with Crippen molar-refractivity contribution < 1.29 is 14.0 Å². The Labute approximate surface area is 140 Å². The number of benzene rings is 1. The molecule has 5 rings (SSSR count). The molecule has 4 heterocycles. The van der Waals surface area contributed by atoms with Gasteiger partial charge < -0.3 is 20.8 Å². The van der Waals surface area contributed by atoms with E-state index >= 15 is 0 Å². The number of carbonyl (C=O) groups excluding carboxylic acids is 2. The van der Waals surface area contributed by atoms with E-state index in [1.807, 2.05) is 6.07 Å². The van der Waals surface area contributed by atoms with Gasteiger partial charge in [-0.3, -0.25) is 9.59 Å². The normalized spacial score (nSPS) is 25.6. The Hall–Kier alpha value is -2.34. The smallest absolute Gasteiger partial charge is 0.252 e. The van der Waals surface area contributed by atoms with Gasteiger partial charge in [0.05, 0.1) is 5.56 Å². The molecule has 1 aromatic heterocycles. The summed E-state index contributed by atoms with van der Waals surface area (Å²) in [5.74, 6) is 0.986. The van der Waals surface area contributed by atoms with Gasteiger partial charge in [-0.05, 0) is 61.9 Å². The maximum Gasteiger partial charge on any atom is 0.252 e. The first-order valence-corrected chi connectivity index (χ1v) is 8.31. The third-order valence-electron chi connectivity index (χ3n) is 5.14. The number of hydrogen-bond acceptors (Lipinski definition) is 4. The van der Waals surface area contributed by atoms with E-state index < -0.39 is 5.91 Å². The molecule has 4 N–H and O–H groups in total. The molecule has 6 nitrogen and oxygen atoms in total. The van der Waals surface area contributed by atoms with Gasteiger partial charge in [-0.2, -0.15) is 0 Å². The molecule has 2 amide bonds. The van der Waals surface area contributed by atoms with Gasteiger partial charge >= 0.3 is 0 Å². The first kappa shape index (κ1) is 16.5. The number of carbonyl (C=O) groups is 2. The zero-order chi connectivity index (χ0) is 17.1. The van der Waals surface area contributed by atoms with Crippen molar-refractivity contribution in [1.29, 1.82) is 0 Å². The van der Waals surface area contributed by atoms with E-state index in [0.717, 1.165) is 23.4 Å². The van der Waals surface area contributed by atoms with Crippen molar-refractivity contribution in [2.75, 3.05) is 19.6 Å². The number of fused-ring (bicyclic) bond motifs is 5. The first-order chi connectivity index (χ1) is 11.6. The van der Waals surface area contributed by atoms with Crippen LogP contribution in [0.4, 0.5) is 0 Å². The summed E-state index contributed by atoms with van der Waals surface area (Å²) in [6.45, 7) is 3.61. The molecule has 3 saturated heterocycles. The van der Waals surface area contributed by atoms with Crippen LogP contribution in [0.5, 0.6) is 0 Å². The molecule has 1 aromatic carbocycles. The Bertz CT molecular complexity index is 718. The largest absolute Gasteiger partial charge is 0.463 e. The predicted molar refractivity (Wildman–Crippen MR) is 91.5 cm³/mol. The summed E-state index contributed by atoms with van der Waals surface area (Å²) >= 11 is 0. The third-order valence-corrected chi connectivity index (χ3v) is 5.14. The maximum atomic E-state index is 11.5. The number of rotatable bonds is 2. The van der Waals surface area contributed by atoms with Crippen molar-refractivity contribution >= 4 is 23.3 Å². The molecule has 1 atom stereocenters. The van der Waals surface area contributed by atoms with E-state index in [9.17, 15) is 4.79 Å². The average Bonchev–Trinajstić information content (AvgIpc) is 2.76. The number of piperidine rings is 1. The summed E-state index contributed by atoms with van der Waals surface area (Å²) in [6, 6.07) is 6.22. The lowest BCUT2D eigenvalue weighted by Gasteiger charge is -2.26. The van der Waals surface area contributed by atoms with Gasteiger partial charge in [0.25, 0.3) is 5.91 Å². The number of hydrogen-bond donors (Lipinski definition) is 2. The summed E-state index contributed by atoms with van der Waals surface area (Å²) in [4.78, 5) is 22.6. The second-order valence-electron chi connectivity index (χ2n) is 6.58. The highest BCUT2D eigenvalue weighted by Gasteiger charge is 2.30. The average molecular weight is 329 g/mol. The fourth-order valence-corrected chi connectivity index (χ4v) is 3.93. The van der Waals surface area contributed by atoms with Crippen LogP contribution in [-0.4, -0.2) is 36.9 Å². The zero-order valence-electron chi connectivity index (χ0n) is 13.6. The zero-order valence-corrected chi connectivity index (χ0v) is 13.6. The van der Waals surface area contributed by atoms with E-state index in [0.29, 0.717) is 11.5 Å². The van der Waals surface area contributed by atoms with Crippen LogP contribution < -0.4 is 11.5 Å². The summed E-state index contributed by atoms with van der Waals surface area (Å²) in [5.41, 5.74) is 12.1. The number of primary amides is 2. The first-order valence-electron chi connectivity index (χ1n) is 8.31. The summed E-state index contributed by atoms with van der Waals surface area (Å²) in [5, 5.41) is 0.853. The van der Waals surface area contributed by atoms with E-state index in [-0.39, 0.29) is 6.41 Å². The molecule has 128 valence electrons. The van der Waals surface area contributed by atoms with Crippen LogP contribution >= 0.6 is 0 Å². The Morgan fingerprint density at radius 2 is 2.00 bits per heavy atom. The van der Waals surface area contributed by atoms with Crippen LogP contribution in [0.15, 0.2) is 28.9 Å². The van der Waals surface area contributed by atoms with Crippen LogP contribution in [0.1, 0.15) is 41.1 Å². The monoisotopic (exact) mass is 329 g/mol. The SMILES string of the molecule is NC(=O)c1coc2ccc([C@H]3CC4CCN(CC4)C3)cc12.NC=O. The molecule has 0 unspecified atom stereocenters. The van der Waals surface area contributed by atoms with Gasteiger partial charge in [0.1, 0.15) is 11.8 Å². The Morgan fingerprint density at radius 1 is 1.29 bits per heavy atom. The van der Waals surface area contributed by atoms with Crippen molar-refractivity contribution in [2.24, 2.45) is 17.4 Å². The highest BCUT2D eigenvalue weighted by molar-refractivity contribution is 6.05. The highest BCUT2D eigenvalue weighted by atomic mass is 16.3. The van der Waals surface area contributed by atoms with Crippen LogP contribution in [0.25, 0.3) is 11.0 Å². The molecule has 0 spiro atoms. The number of amides is 2. The van der Waals surface area contributed by atoms with E-state index in [2.05, 4.69) is 22.8 Å². The molecule has 3 aliphatic heterocycles. The second kappa shape index (κ2) is 7.05. The van der Waals surface area contributed by atoms with Crippen molar-refractivity contribution in [3.8, 4) is 0 Å². The molecule has 0 aliphatic carbocycles. The summed E-state index contributed by atoms with van der Waals surface area (Å²) in [6.07, 6.45) is 5.64. The van der Waals surface area contributed by atoms with Crippen LogP contribution in [-0.2, 0) is 4.79 Å². The number of nitrogens with two attached hydrogens (primary N) is 2. The molecule has 3 fully saturated rings. The summed E-state index contributed by atoms with van der Waals surface area (Å²) < 4.78 is 5.42. The topological polar surface area (TPSA) is 103 Å². The summed E-state index contributed by atoms with van der Waals surface area (Å²) in [7, 11) is 0. The van der Waals surface area contributed by atoms with Crippen molar-refractivity contribution in [3.05, 3.63) is 35.6 Å². The van der Waals surface area contributed by atoms with Gasteiger partial charge in [0, 0.05) is 11.9 Å². The van der Waals surface area contributed by atoms with Crippen molar-refractivity contribution in [1.82, 2.24) is 4.90 Å². The minimum absolute atomic E-state index is 0.250. The van der Waals surface area contributed by atoms with Gasteiger partial charge in [-0.1, -0.05) is 6.07 Å². The Balaban J connectivity index is 0.000000526. The Kier molecular flexibility index (Phi) is 4.85. The van der Waals surface area contributed by atoms with Gasteiger partial charge in [-0.15, -0.1) is 0 Å². The van der Waals surface area contributed by atoms with Crippen molar-refractivity contribution in [3.63, 3.8) is 0 Å². The van der Waals surface area contributed by atoms with E-state index in [4.69, 9.17) is 14.9 Å². The molecule has 6 heteroatoms. The molecule has 2 aromatic rings. The quantitative estimate of drug-likeness (QED) is 0.820. The molecule has 24 heavy (non-hydrogen) atoms. The molecule has 2 bridgehead atoms. The minimum Gasteiger partial charge on any atom is -0.463 e. The standard InChI is InChI=1S/C17H20N2O2.CH3NO/c18-17(20)15-10-21-16-2-1-12(8-14(15)16)13-7-11-3-5-19(9-13)6-4-11;2-1-3/h1-2,8,10-11,13H,3-7,9H2,(H2,18,20);1H,(H2,2,3)/t13-;/m0./s1. The van der Waals surface area contributed by atoms with Gasteiger partial charge in [-0.25, -0.2) is 0 Å². The van der Waals surface area contributed by atoms with Gasteiger partial charge in [0.2, 0.25) is 6.41 Å². The highest BCUT2D eigenvalue weighted by Crippen LogP contribution is 2.36. The number of nitrogens with zero attached hydrogens (tertiary/aromatic N) is 1. The van der Waals surface area contributed by atoms with Crippen LogP contribution in [0, 0.1) is 5.92 Å². The molecule has 0 radical (unpaired) electrons. The molecule has 3 aliphatic rings. The maximum absolute atomic E-state index is 11.5. The van der Waals surface area contributed by atoms with E-state index in [1.54, 1.807) is 0 Å². The lowest BCUT2D eigenvalue weighted by atomic mass is 9.87. The van der Waals surface area contributed by atoms with Crippen LogP contribution in [0.2, 0.25) is 0 Å². The lowest BCUT2D eigenvalue weighted by Crippen LogP contribution is -2.31. The Morgan fingerprint density at radius 3 is 2.67 bits per heavy atom. The van der Waals surface area contributed by atoms with E-state index in [1.165, 1.54) is 44.2 Å².